The Kier molecular flexibility index (Phi) is 3.72. The first-order valence-corrected chi connectivity index (χ1v) is 5.23. The molecule has 0 saturated carbocycles. The van der Waals surface area contributed by atoms with Gasteiger partial charge in [0, 0.05) is 19.1 Å². The van der Waals surface area contributed by atoms with E-state index in [0.29, 0.717) is 6.04 Å². The van der Waals surface area contributed by atoms with E-state index in [0.717, 1.165) is 32.0 Å². The summed E-state index contributed by atoms with van der Waals surface area (Å²) in [6, 6.07) is 0.676. The summed E-state index contributed by atoms with van der Waals surface area (Å²) in [6.07, 6.45) is 1.22. The number of nitrogens with one attached hydrogen (secondary N) is 1. The molecule has 76 valence electrons. The Balaban J connectivity index is 2.43. The van der Waals surface area contributed by atoms with Crippen molar-refractivity contribution < 1.29 is 0 Å². The molecule has 0 radical (unpaired) electrons. The minimum absolute atomic E-state index is 0.676. The fourth-order valence-corrected chi connectivity index (χ4v) is 2.08. The zero-order valence-electron chi connectivity index (χ0n) is 9.01. The average molecular weight is 183 g/mol. The summed E-state index contributed by atoms with van der Waals surface area (Å²) in [5.74, 6) is 0.717. The van der Waals surface area contributed by atoms with Crippen LogP contribution in [0.1, 0.15) is 27.2 Å². The first-order chi connectivity index (χ1) is 6.19. The van der Waals surface area contributed by atoms with Crippen LogP contribution in [0.4, 0.5) is 0 Å². The van der Waals surface area contributed by atoms with Crippen LogP contribution in [0.2, 0.25) is 0 Å². The third-order valence-electron chi connectivity index (χ3n) is 2.97. The Morgan fingerprint density at radius 2 is 2.08 bits per heavy atom. The van der Waals surface area contributed by atoms with Gasteiger partial charge in [-0.1, -0.05) is 13.8 Å². The quantitative estimate of drug-likeness (QED) is 0.529. The van der Waals surface area contributed by atoms with E-state index in [-0.39, 0.29) is 0 Å². The van der Waals surface area contributed by atoms with Gasteiger partial charge >= 0.3 is 0 Å². The molecule has 1 unspecified atom stereocenters. The molecule has 0 aromatic rings. The highest BCUT2D eigenvalue weighted by molar-refractivity contribution is 5.76. The van der Waals surface area contributed by atoms with E-state index in [2.05, 4.69) is 23.6 Å². The molecule has 1 heterocycles. The molecule has 3 nitrogen and oxygen atoms in total. The van der Waals surface area contributed by atoms with Crippen LogP contribution < -0.4 is 0 Å². The number of hydrogen-bond donors (Lipinski definition) is 1. The molecular formula is C10H21N3. The van der Waals surface area contributed by atoms with Gasteiger partial charge in [0.1, 0.15) is 0 Å². The molecule has 1 aliphatic heterocycles. The summed E-state index contributed by atoms with van der Waals surface area (Å²) in [5, 5.41) is 7.54. The maximum Gasteiger partial charge on any atom is 0.0926 e. The van der Waals surface area contributed by atoms with E-state index in [1.165, 1.54) is 6.42 Å². The lowest BCUT2D eigenvalue weighted by Crippen LogP contribution is -2.38. The molecule has 1 rings (SSSR count). The summed E-state index contributed by atoms with van der Waals surface area (Å²) in [6.45, 7) is 10.7. The highest BCUT2D eigenvalue weighted by Gasteiger charge is 2.25. The van der Waals surface area contributed by atoms with Crippen molar-refractivity contribution in [2.45, 2.75) is 33.2 Å². The molecule has 1 N–H and O–H groups in total. The van der Waals surface area contributed by atoms with E-state index in [4.69, 9.17) is 5.41 Å². The molecule has 0 spiro atoms. The normalized spacial score (nSPS) is 22.8. The van der Waals surface area contributed by atoms with Crippen molar-refractivity contribution in [2.24, 2.45) is 0 Å². The van der Waals surface area contributed by atoms with E-state index in [1.54, 1.807) is 0 Å². The summed E-state index contributed by atoms with van der Waals surface area (Å²) in [4.78, 5) is 4.66. The lowest BCUT2D eigenvalue weighted by molar-refractivity contribution is 0.223. The first-order valence-electron chi connectivity index (χ1n) is 5.23. The maximum absolute atomic E-state index is 7.54. The Morgan fingerprint density at radius 3 is 2.46 bits per heavy atom. The lowest BCUT2D eigenvalue weighted by Gasteiger charge is -2.26. The summed E-state index contributed by atoms with van der Waals surface area (Å²) in [5.41, 5.74) is 0. The number of nitrogens with zero attached hydrogens (tertiary/aromatic N) is 2. The third kappa shape index (κ3) is 2.44. The number of rotatable bonds is 3. The molecule has 3 heteroatoms. The molecular weight excluding hydrogens is 162 g/mol. The number of likely N-dealkylation sites (N-methyl/N-ethyl adjacent to an activating group) is 1. The molecule has 0 aromatic heterocycles. The summed E-state index contributed by atoms with van der Waals surface area (Å²) >= 11 is 0. The summed E-state index contributed by atoms with van der Waals surface area (Å²) in [7, 11) is 0. The molecule has 0 bridgehead atoms. The van der Waals surface area contributed by atoms with Gasteiger partial charge in [-0.3, -0.25) is 10.3 Å². The van der Waals surface area contributed by atoms with Gasteiger partial charge in [-0.15, -0.1) is 0 Å². The molecule has 0 amide bonds. The minimum atomic E-state index is 0.676. The topological polar surface area (TPSA) is 30.3 Å². The SMILES string of the molecule is CCN(CC)C1CCN(C(C)=N)C1. The van der Waals surface area contributed by atoms with Gasteiger partial charge in [-0.25, -0.2) is 0 Å². The minimum Gasteiger partial charge on any atom is -0.359 e. The molecule has 0 aliphatic carbocycles. The number of hydrogen-bond acceptors (Lipinski definition) is 2. The Labute approximate surface area is 81.2 Å². The van der Waals surface area contributed by atoms with Crippen LogP contribution in [-0.2, 0) is 0 Å². The monoisotopic (exact) mass is 183 g/mol. The zero-order chi connectivity index (χ0) is 9.84. The standard InChI is InChI=1S/C10H21N3/c1-4-12(5-2)10-6-7-13(8-10)9(3)11/h10-11H,4-8H2,1-3H3. The van der Waals surface area contributed by atoms with Gasteiger partial charge in [-0.2, -0.15) is 0 Å². The van der Waals surface area contributed by atoms with E-state index < -0.39 is 0 Å². The molecule has 1 atom stereocenters. The van der Waals surface area contributed by atoms with Gasteiger partial charge in [0.15, 0.2) is 0 Å². The Morgan fingerprint density at radius 1 is 1.46 bits per heavy atom. The van der Waals surface area contributed by atoms with Crippen molar-refractivity contribution in [1.82, 2.24) is 9.80 Å². The van der Waals surface area contributed by atoms with Crippen molar-refractivity contribution in [1.29, 1.82) is 5.41 Å². The summed E-state index contributed by atoms with van der Waals surface area (Å²) < 4.78 is 0. The molecule has 1 aliphatic rings. The molecule has 1 fully saturated rings. The van der Waals surface area contributed by atoms with Crippen molar-refractivity contribution in [3.63, 3.8) is 0 Å². The third-order valence-corrected chi connectivity index (χ3v) is 2.97. The number of likely N-dealkylation sites (tertiary alicyclic amines) is 1. The molecule has 1 saturated heterocycles. The van der Waals surface area contributed by atoms with E-state index in [1.807, 2.05) is 6.92 Å². The fourth-order valence-electron chi connectivity index (χ4n) is 2.08. The number of amidine groups is 1. The Hall–Kier alpha value is -0.570. The second kappa shape index (κ2) is 4.61. The van der Waals surface area contributed by atoms with Gasteiger partial charge in [0.05, 0.1) is 5.84 Å². The van der Waals surface area contributed by atoms with Crippen LogP contribution in [0, 0.1) is 5.41 Å². The predicted octanol–water partition coefficient (Wildman–Crippen LogP) is 1.40. The second-order valence-corrected chi connectivity index (χ2v) is 3.70. The van der Waals surface area contributed by atoms with Crippen LogP contribution in [0.3, 0.4) is 0 Å². The van der Waals surface area contributed by atoms with Crippen molar-refractivity contribution in [3.05, 3.63) is 0 Å². The van der Waals surface area contributed by atoms with Gasteiger partial charge in [0.2, 0.25) is 0 Å². The van der Waals surface area contributed by atoms with Crippen LogP contribution in [0.5, 0.6) is 0 Å². The smallest absolute Gasteiger partial charge is 0.0926 e. The van der Waals surface area contributed by atoms with Crippen molar-refractivity contribution in [2.75, 3.05) is 26.2 Å². The van der Waals surface area contributed by atoms with E-state index >= 15 is 0 Å². The Bertz CT molecular complexity index is 175. The highest BCUT2D eigenvalue weighted by atomic mass is 15.3. The van der Waals surface area contributed by atoms with Crippen LogP contribution in [0.25, 0.3) is 0 Å². The molecule has 0 aromatic carbocycles. The molecule has 13 heavy (non-hydrogen) atoms. The fraction of sp³-hybridized carbons (Fsp3) is 0.900. The van der Waals surface area contributed by atoms with Crippen LogP contribution in [0.15, 0.2) is 0 Å². The first kappa shape index (κ1) is 10.5. The lowest BCUT2D eigenvalue weighted by atomic mass is 10.2. The van der Waals surface area contributed by atoms with Gasteiger partial charge in [-0.05, 0) is 26.4 Å². The predicted molar refractivity (Wildman–Crippen MR) is 56.3 cm³/mol. The highest BCUT2D eigenvalue weighted by Crippen LogP contribution is 2.15. The van der Waals surface area contributed by atoms with E-state index in [9.17, 15) is 0 Å². The largest absolute Gasteiger partial charge is 0.359 e. The zero-order valence-corrected chi connectivity index (χ0v) is 9.01. The average Bonchev–Trinajstić information content (AvgIpc) is 2.56. The van der Waals surface area contributed by atoms with Gasteiger partial charge < -0.3 is 4.90 Å². The maximum atomic E-state index is 7.54. The van der Waals surface area contributed by atoms with Crippen molar-refractivity contribution >= 4 is 5.84 Å². The second-order valence-electron chi connectivity index (χ2n) is 3.70. The van der Waals surface area contributed by atoms with Crippen LogP contribution in [-0.4, -0.2) is 47.9 Å². The van der Waals surface area contributed by atoms with Crippen molar-refractivity contribution in [3.8, 4) is 0 Å². The van der Waals surface area contributed by atoms with Gasteiger partial charge in [0.25, 0.3) is 0 Å². The van der Waals surface area contributed by atoms with Crippen LogP contribution >= 0.6 is 0 Å².